The third-order valence-electron chi connectivity index (χ3n) is 4.92. The van der Waals surface area contributed by atoms with Crippen LogP contribution in [0.2, 0.25) is 0 Å². The highest BCUT2D eigenvalue weighted by molar-refractivity contribution is 9.10. The molecule has 0 atom stereocenters. The predicted octanol–water partition coefficient (Wildman–Crippen LogP) is 4.10. The van der Waals surface area contributed by atoms with Gasteiger partial charge in [0.1, 0.15) is 16.5 Å². The molecule has 1 aliphatic heterocycles. The number of hydrogen-bond acceptors (Lipinski definition) is 7. The largest absolute Gasteiger partial charge is 0.354 e. The van der Waals surface area contributed by atoms with Gasteiger partial charge in [0, 0.05) is 54.2 Å². The summed E-state index contributed by atoms with van der Waals surface area (Å²) in [5.41, 5.74) is 1.43. The minimum Gasteiger partial charge on any atom is -0.354 e. The molecule has 1 fully saturated rings. The quantitative estimate of drug-likeness (QED) is 0.562. The van der Waals surface area contributed by atoms with E-state index in [0.717, 1.165) is 58.5 Å². The second-order valence-corrected chi connectivity index (χ2v) is 9.48. The van der Waals surface area contributed by atoms with E-state index < -0.39 is 0 Å². The monoisotopic (exact) mass is 491 g/mol. The van der Waals surface area contributed by atoms with Gasteiger partial charge >= 0.3 is 0 Å². The summed E-state index contributed by atoms with van der Waals surface area (Å²) in [5, 5.41) is 7.61. The third-order valence-corrected chi connectivity index (χ3v) is 7.62. The lowest BCUT2D eigenvalue weighted by molar-refractivity contribution is 0.0946. The van der Waals surface area contributed by atoms with Gasteiger partial charge in [0.25, 0.3) is 5.91 Å². The Bertz CT molecular complexity index is 963. The number of thiazole rings is 1. The molecule has 0 aromatic carbocycles. The molecule has 1 amide bonds. The molecule has 1 aliphatic rings. The van der Waals surface area contributed by atoms with Gasteiger partial charge in [0.05, 0.1) is 4.88 Å². The Morgan fingerprint density at radius 3 is 2.69 bits per heavy atom. The highest BCUT2D eigenvalue weighted by Gasteiger charge is 2.17. The number of thiophene rings is 1. The molecule has 4 rings (SSSR count). The number of likely N-dealkylation sites (N-methyl/N-ethyl adjacent to an activating group) is 1. The van der Waals surface area contributed by atoms with Gasteiger partial charge in [-0.25, -0.2) is 9.97 Å². The maximum atomic E-state index is 12.4. The summed E-state index contributed by atoms with van der Waals surface area (Å²) in [6.45, 7) is 7.90. The summed E-state index contributed by atoms with van der Waals surface area (Å²) >= 11 is 6.54. The van der Waals surface area contributed by atoms with Crippen molar-refractivity contribution in [2.24, 2.45) is 0 Å². The molecule has 0 bridgehead atoms. The molecule has 0 unspecified atom stereocenters. The lowest BCUT2D eigenvalue weighted by Gasteiger charge is -2.34. The summed E-state index contributed by atoms with van der Waals surface area (Å²) < 4.78 is 1.03. The van der Waals surface area contributed by atoms with E-state index in [2.05, 4.69) is 47.9 Å². The summed E-state index contributed by atoms with van der Waals surface area (Å²) in [7, 11) is 0. The maximum Gasteiger partial charge on any atom is 0.271 e. The van der Waals surface area contributed by atoms with Crippen LogP contribution in [-0.2, 0) is 6.54 Å². The van der Waals surface area contributed by atoms with E-state index in [9.17, 15) is 4.79 Å². The molecule has 0 saturated carbocycles. The first-order valence-corrected chi connectivity index (χ1v) is 12.1. The fraction of sp³-hybridized carbons (Fsp3) is 0.350. The Hall–Kier alpha value is -1.81. The Kier molecular flexibility index (Phi) is 6.59. The molecule has 1 N–H and O–H groups in total. The fourth-order valence-electron chi connectivity index (χ4n) is 3.19. The van der Waals surface area contributed by atoms with E-state index in [1.807, 2.05) is 29.8 Å². The van der Waals surface area contributed by atoms with Crippen LogP contribution in [0.4, 0.5) is 5.82 Å². The first kappa shape index (κ1) is 20.5. The zero-order valence-electron chi connectivity index (χ0n) is 16.1. The molecule has 3 aromatic heterocycles. The average molecular weight is 492 g/mol. The molecule has 152 valence electrons. The van der Waals surface area contributed by atoms with Crippen molar-refractivity contribution < 1.29 is 4.79 Å². The van der Waals surface area contributed by atoms with Crippen LogP contribution >= 0.6 is 38.6 Å². The van der Waals surface area contributed by atoms with Crippen LogP contribution in [0.25, 0.3) is 9.88 Å². The molecule has 4 heterocycles. The van der Waals surface area contributed by atoms with Crippen LogP contribution in [-0.4, -0.2) is 53.5 Å². The van der Waals surface area contributed by atoms with Crippen molar-refractivity contribution in [3.8, 4) is 9.88 Å². The molecule has 0 spiro atoms. The highest BCUT2D eigenvalue weighted by atomic mass is 79.9. The first-order valence-electron chi connectivity index (χ1n) is 9.52. The van der Waals surface area contributed by atoms with Crippen LogP contribution < -0.4 is 10.2 Å². The number of aromatic nitrogens is 2. The number of piperazine rings is 1. The number of anilines is 1. The number of hydrogen-bond donors (Lipinski definition) is 1. The summed E-state index contributed by atoms with van der Waals surface area (Å²) in [4.78, 5) is 27.3. The minimum absolute atomic E-state index is 0.164. The van der Waals surface area contributed by atoms with Gasteiger partial charge < -0.3 is 15.1 Å². The van der Waals surface area contributed by atoms with Gasteiger partial charge in [-0.3, -0.25) is 4.79 Å². The molecular weight excluding hydrogens is 470 g/mol. The van der Waals surface area contributed by atoms with Gasteiger partial charge in [-0.2, -0.15) is 0 Å². The third kappa shape index (κ3) is 5.03. The normalized spacial score (nSPS) is 14.9. The van der Waals surface area contributed by atoms with Gasteiger partial charge in [0.15, 0.2) is 0 Å². The zero-order valence-corrected chi connectivity index (χ0v) is 19.3. The van der Waals surface area contributed by atoms with E-state index >= 15 is 0 Å². The lowest BCUT2D eigenvalue weighted by Crippen LogP contribution is -2.46. The van der Waals surface area contributed by atoms with Crippen molar-refractivity contribution in [3.63, 3.8) is 0 Å². The summed E-state index contributed by atoms with van der Waals surface area (Å²) in [5.74, 6) is 0.838. The van der Waals surface area contributed by atoms with Crippen LogP contribution in [0.3, 0.4) is 0 Å². The number of pyridine rings is 1. The molecule has 0 aliphatic carbocycles. The van der Waals surface area contributed by atoms with Gasteiger partial charge in [0.2, 0.25) is 0 Å². The number of carbonyl (C=O) groups excluding carboxylic acids is 1. The number of nitrogens with one attached hydrogen (secondary N) is 1. The van der Waals surface area contributed by atoms with E-state index in [1.54, 1.807) is 16.7 Å². The fourth-order valence-corrected chi connectivity index (χ4v) is 5.50. The first-order chi connectivity index (χ1) is 14.1. The van der Waals surface area contributed by atoms with Crippen LogP contribution in [0.15, 0.2) is 39.6 Å². The second-order valence-electron chi connectivity index (χ2n) is 6.80. The minimum atomic E-state index is -0.164. The Morgan fingerprint density at radius 1 is 1.21 bits per heavy atom. The summed E-state index contributed by atoms with van der Waals surface area (Å²) in [6, 6.07) is 6.09. The van der Waals surface area contributed by atoms with E-state index in [-0.39, 0.29) is 5.91 Å². The van der Waals surface area contributed by atoms with Gasteiger partial charge in [-0.15, -0.1) is 22.7 Å². The standard InChI is InChI=1S/C20H22BrN5OS2/c1-2-25-5-7-26(8-6-25)18-4-3-14(10-22-18)11-23-19(27)16-13-29-20(24-16)17-9-15(21)12-28-17/h3-4,9-10,12-13H,2,5-8,11H2,1H3,(H,23,27). The van der Waals surface area contributed by atoms with Crippen molar-refractivity contribution in [2.45, 2.75) is 13.5 Å². The SMILES string of the molecule is CCN1CCN(c2ccc(CNC(=O)c3csc(-c4cc(Br)cs4)n3)cn2)CC1. The van der Waals surface area contributed by atoms with Crippen molar-refractivity contribution in [1.82, 2.24) is 20.2 Å². The average Bonchev–Trinajstić information content (AvgIpc) is 3.42. The number of rotatable bonds is 6. The van der Waals surface area contributed by atoms with E-state index in [1.165, 1.54) is 11.3 Å². The van der Waals surface area contributed by atoms with E-state index in [0.29, 0.717) is 12.2 Å². The topological polar surface area (TPSA) is 61.4 Å². The molecule has 29 heavy (non-hydrogen) atoms. The molecular formula is C20H22BrN5OS2. The van der Waals surface area contributed by atoms with E-state index in [4.69, 9.17) is 0 Å². The van der Waals surface area contributed by atoms with Crippen molar-refractivity contribution >= 4 is 50.3 Å². The van der Waals surface area contributed by atoms with Gasteiger partial charge in [-0.05, 0) is 40.2 Å². The lowest BCUT2D eigenvalue weighted by atomic mass is 10.2. The zero-order chi connectivity index (χ0) is 20.2. The van der Waals surface area contributed by atoms with Crippen LogP contribution in [0.1, 0.15) is 23.0 Å². The van der Waals surface area contributed by atoms with Crippen molar-refractivity contribution in [1.29, 1.82) is 0 Å². The van der Waals surface area contributed by atoms with Gasteiger partial charge in [-0.1, -0.05) is 13.0 Å². The smallest absolute Gasteiger partial charge is 0.271 e. The number of nitrogens with zero attached hydrogens (tertiary/aromatic N) is 4. The van der Waals surface area contributed by atoms with Crippen LogP contribution in [0.5, 0.6) is 0 Å². The number of carbonyl (C=O) groups is 1. The molecule has 0 radical (unpaired) electrons. The van der Waals surface area contributed by atoms with Crippen molar-refractivity contribution in [2.75, 3.05) is 37.6 Å². The maximum absolute atomic E-state index is 12.4. The molecule has 3 aromatic rings. The predicted molar refractivity (Wildman–Crippen MR) is 123 cm³/mol. The molecule has 6 nitrogen and oxygen atoms in total. The second kappa shape index (κ2) is 9.34. The molecule has 1 saturated heterocycles. The Labute approximate surface area is 186 Å². The Balaban J connectivity index is 1.31. The van der Waals surface area contributed by atoms with Crippen molar-refractivity contribution in [3.05, 3.63) is 50.9 Å². The summed E-state index contributed by atoms with van der Waals surface area (Å²) in [6.07, 6.45) is 1.84. The van der Waals surface area contributed by atoms with Crippen LogP contribution in [0, 0.1) is 0 Å². The highest BCUT2D eigenvalue weighted by Crippen LogP contribution is 2.32. The molecule has 9 heteroatoms. The number of amides is 1. The number of halogens is 1. The Morgan fingerprint density at radius 2 is 2.03 bits per heavy atom.